The Labute approximate surface area is 232 Å². The van der Waals surface area contributed by atoms with E-state index >= 15 is 0 Å². The largest absolute Gasteiger partial charge is 0.465 e. The maximum atomic E-state index is 14.1. The van der Waals surface area contributed by atoms with E-state index in [2.05, 4.69) is 15.6 Å². The number of anilines is 1. The van der Waals surface area contributed by atoms with Crippen LogP contribution in [0.15, 0.2) is 71.7 Å². The Bertz CT molecular complexity index is 1560. The van der Waals surface area contributed by atoms with Crippen molar-refractivity contribution in [3.63, 3.8) is 0 Å². The number of pyridine rings is 1. The number of aromatic nitrogens is 3. The van der Waals surface area contributed by atoms with E-state index < -0.39 is 23.7 Å². The highest BCUT2D eigenvalue weighted by Crippen LogP contribution is 2.25. The van der Waals surface area contributed by atoms with E-state index in [1.807, 2.05) is 43.3 Å². The third-order valence-corrected chi connectivity index (χ3v) is 6.05. The number of benzene rings is 2. The van der Waals surface area contributed by atoms with Crippen LogP contribution in [0.25, 0.3) is 16.6 Å². The molecule has 4 rings (SSSR count). The zero-order chi connectivity index (χ0) is 28.9. The minimum Gasteiger partial charge on any atom is -0.465 e. The fraction of sp³-hybridized carbons (Fsp3) is 0.300. The van der Waals surface area contributed by atoms with Gasteiger partial charge < -0.3 is 20.1 Å². The Kier molecular flexibility index (Phi) is 8.47. The molecule has 1 atom stereocenters. The van der Waals surface area contributed by atoms with Crippen molar-refractivity contribution in [3.05, 3.63) is 94.3 Å². The van der Waals surface area contributed by atoms with Gasteiger partial charge in [0.05, 0.1) is 47.5 Å². The predicted molar refractivity (Wildman–Crippen MR) is 153 cm³/mol. The number of rotatable bonds is 8. The summed E-state index contributed by atoms with van der Waals surface area (Å²) in [5.41, 5.74) is 1.75. The summed E-state index contributed by atoms with van der Waals surface area (Å²) in [5.74, 6) is -0.0646. The lowest BCUT2D eigenvalue weighted by molar-refractivity contribution is 0.0498. The number of fused-ring (bicyclic) bond motifs is 1. The lowest BCUT2D eigenvalue weighted by Gasteiger charge is -2.25. The van der Waals surface area contributed by atoms with Gasteiger partial charge in [-0.1, -0.05) is 31.2 Å². The van der Waals surface area contributed by atoms with Gasteiger partial charge in [-0.15, -0.1) is 0 Å². The van der Waals surface area contributed by atoms with Gasteiger partial charge in [-0.2, -0.15) is 0 Å². The van der Waals surface area contributed by atoms with E-state index in [1.165, 1.54) is 17.9 Å². The molecule has 2 aromatic heterocycles. The quantitative estimate of drug-likeness (QED) is 0.292. The first-order valence-corrected chi connectivity index (χ1v) is 13.0. The smallest absolute Gasteiger partial charge is 0.408 e. The molecule has 208 valence electrons. The average Bonchev–Trinajstić information content (AvgIpc) is 2.94. The number of ether oxygens (including phenoxy) is 2. The molecule has 0 saturated carbocycles. The summed E-state index contributed by atoms with van der Waals surface area (Å²) < 4.78 is 11.7. The fourth-order valence-electron chi connectivity index (χ4n) is 4.21. The minimum atomic E-state index is -0.673. The van der Waals surface area contributed by atoms with Gasteiger partial charge in [-0.05, 0) is 63.6 Å². The SMILES string of the molecule is CC[C@H](NC(=O)OC(C)(C)C)c1nc2cccc(NCc3ccc(C(=O)OC)cn3)c2c(=O)n1-c1ccccc1. The molecular formula is C30H33N5O5. The summed E-state index contributed by atoms with van der Waals surface area (Å²) in [4.78, 5) is 47.7. The summed E-state index contributed by atoms with van der Waals surface area (Å²) in [6.45, 7) is 7.59. The van der Waals surface area contributed by atoms with Crippen molar-refractivity contribution in [2.24, 2.45) is 0 Å². The first kappa shape index (κ1) is 28.3. The summed E-state index contributed by atoms with van der Waals surface area (Å²) in [6, 6.07) is 17.3. The van der Waals surface area contributed by atoms with Gasteiger partial charge in [0.2, 0.25) is 0 Å². The van der Waals surface area contributed by atoms with Crippen molar-refractivity contribution in [3.8, 4) is 5.69 Å². The molecule has 2 heterocycles. The van der Waals surface area contributed by atoms with Crippen LogP contribution < -0.4 is 16.2 Å². The molecule has 0 aliphatic carbocycles. The Balaban J connectivity index is 1.76. The predicted octanol–water partition coefficient (Wildman–Crippen LogP) is 5.16. The summed E-state index contributed by atoms with van der Waals surface area (Å²) in [6.07, 6.45) is 1.34. The second-order valence-corrected chi connectivity index (χ2v) is 10.1. The van der Waals surface area contributed by atoms with Crippen LogP contribution in [0.3, 0.4) is 0 Å². The molecule has 4 aromatic rings. The van der Waals surface area contributed by atoms with Crippen LogP contribution in [0.2, 0.25) is 0 Å². The van der Waals surface area contributed by atoms with Crippen LogP contribution in [0.1, 0.15) is 62.0 Å². The first-order valence-electron chi connectivity index (χ1n) is 13.0. The first-order chi connectivity index (χ1) is 19.1. The molecule has 0 radical (unpaired) electrons. The molecule has 0 fully saturated rings. The number of amides is 1. The number of nitrogens with one attached hydrogen (secondary N) is 2. The molecule has 0 saturated heterocycles. The van der Waals surface area contributed by atoms with E-state index in [4.69, 9.17) is 14.5 Å². The van der Waals surface area contributed by atoms with Crippen LogP contribution >= 0.6 is 0 Å². The van der Waals surface area contributed by atoms with Gasteiger partial charge in [0.15, 0.2) is 0 Å². The highest BCUT2D eigenvalue weighted by molar-refractivity contribution is 5.91. The zero-order valence-corrected chi connectivity index (χ0v) is 23.2. The van der Waals surface area contributed by atoms with Crippen molar-refractivity contribution in [2.45, 2.75) is 52.3 Å². The lowest BCUT2D eigenvalue weighted by Crippen LogP contribution is -2.37. The van der Waals surface area contributed by atoms with E-state index in [-0.39, 0.29) is 5.56 Å². The minimum absolute atomic E-state index is 0.285. The van der Waals surface area contributed by atoms with E-state index in [0.29, 0.717) is 52.3 Å². The highest BCUT2D eigenvalue weighted by atomic mass is 16.6. The van der Waals surface area contributed by atoms with Crippen LogP contribution in [0, 0.1) is 0 Å². The van der Waals surface area contributed by atoms with Gasteiger partial charge >= 0.3 is 12.1 Å². The highest BCUT2D eigenvalue weighted by Gasteiger charge is 2.25. The molecule has 0 unspecified atom stereocenters. The van der Waals surface area contributed by atoms with Crippen LogP contribution in [-0.2, 0) is 16.0 Å². The van der Waals surface area contributed by atoms with Crippen molar-refractivity contribution < 1.29 is 19.1 Å². The van der Waals surface area contributed by atoms with Crippen molar-refractivity contribution >= 4 is 28.7 Å². The Morgan fingerprint density at radius 1 is 1.02 bits per heavy atom. The number of para-hydroxylation sites is 1. The number of alkyl carbamates (subject to hydrolysis) is 1. The normalized spacial score (nSPS) is 12.0. The monoisotopic (exact) mass is 543 g/mol. The Morgan fingerprint density at radius 3 is 2.40 bits per heavy atom. The number of nitrogens with zero attached hydrogens (tertiary/aromatic N) is 3. The summed E-state index contributed by atoms with van der Waals surface area (Å²) in [7, 11) is 1.32. The maximum Gasteiger partial charge on any atom is 0.408 e. The zero-order valence-electron chi connectivity index (χ0n) is 23.2. The van der Waals surface area contributed by atoms with Crippen molar-refractivity contribution in [2.75, 3.05) is 12.4 Å². The summed E-state index contributed by atoms with van der Waals surface area (Å²) in [5, 5.41) is 6.56. The number of esters is 1. The number of methoxy groups -OCH3 is 1. The third-order valence-electron chi connectivity index (χ3n) is 6.05. The average molecular weight is 544 g/mol. The lowest BCUT2D eigenvalue weighted by atomic mass is 10.1. The molecule has 40 heavy (non-hydrogen) atoms. The van der Waals surface area contributed by atoms with Crippen LogP contribution in [0.4, 0.5) is 10.5 Å². The molecule has 2 aromatic carbocycles. The second kappa shape index (κ2) is 12.0. The van der Waals surface area contributed by atoms with Crippen molar-refractivity contribution in [1.29, 1.82) is 0 Å². The molecule has 1 amide bonds. The molecule has 0 aliphatic rings. The molecule has 10 heteroatoms. The Hall–Kier alpha value is -4.73. The number of carbonyl (C=O) groups excluding carboxylic acids is 2. The van der Waals surface area contributed by atoms with Crippen molar-refractivity contribution in [1.82, 2.24) is 19.9 Å². The van der Waals surface area contributed by atoms with Gasteiger partial charge in [-0.25, -0.2) is 14.6 Å². The fourth-order valence-corrected chi connectivity index (χ4v) is 4.21. The standard InChI is InChI=1S/C30H33N5O5/c1-6-22(34-29(38)40-30(2,3)4)26-33-24-14-10-13-23(25(24)27(36)35(26)21-11-8-7-9-12-21)32-18-20-16-15-19(17-31-20)28(37)39-5/h7-17,22,32H,6,18H2,1-5H3,(H,34,38)/t22-/m0/s1. The van der Waals surface area contributed by atoms with Crippen LogP contribution in [0.5, 0.6) is 0 Å². The second-order valence-electron chi connectivity index (χ2n) is 10.1. The number of carbonyl (C=O) groups is 2. The summed E-state index contributed by atoms with van der Waals surface area (Å²) >= 11 is 0. The topological polar surface area (TPSA) is 124 Å². The molecule has 10 nitrogen and oxygen atoms in total. The number of hydrogen-bond donors (Lipinski definition) is 2. The molecular weight excluding hydrogens is 510 g/mol. The van der Waals surface area contributed by atoms with E-state index in [1.54, 1.807) is 45.0 Å². The number of hydrogen-bond acceptors (Lipinski definition) is 8. The van der Waals surface area contributed by atoms with Crippen LogP contribution in [-0.4, -0.2) is 39.3 Å². The third kappa shape index (κ3) is 6.45. The molecule has 0 aliphatic heterocycles. The molecule has 0 bridgehead atoms. The van der Waals surface area contributed by atoms with Gasteiger partial charge in [0.25, 0.3) is 5.56 Å². The molecule has 0 spiro atoms. The van der Waals surface area contributed by atoms with Gasteiger partial charge in [0.1, 0.15) is 11.4 Å². The maximum absolute atomic E-state index is 14.1. The molecule has 2 N–H and O–H groups in total. The Morgan fingerprint density at radius 2 is 1.77 bits per heavy atom. The van der Waals surface area contributed by atoms with Gasteiger partial charge in [-0.3, -0.25) is 14.3 Å². The van der Waals surface area contributed by atoms with E-state index in [0.717, 1.165) is 0 Å². The van der Waals surface area contributed by atoms with E-state index in [9.17, 15) is 14.4 Å². The van der Waals surface area contributed by atoms with Gasteiger partial charge in [0, 0.05) is 11.9 Å².